The number of rotatable bonds is 3. The number of nitrogens with zero attached hydrogens (tertiary/aromatic N) is 1. The van der Waals surface area contributed by atoms with Gasteiger partial charge in [-0.2, -0.15) is 0 Å². The van der Waals surface area contributed by atoms with Crippen LogP contribution < -0.4 is 5.32 Å². The average molecular weight is 456 g/mol. The number of carbonyl (C=O) groups excluding carboxylic acids is 1. The van der Waals surface area contributed by atoms with Crippen molar-refractivity contribution < 1.29 is 4.79 Å². The molecular weight excluding hydrogens is 439 g/mol. The molecule has 0 spiro atoms. The van der Waals surface area contributed by atoms with Crippen molar-refractivity contribution in [2.75, 3.05) is 5.32 Å². The van der Waals surface area contributed by atoms with Gasteiger partial charge in [-0.3, -0.25) is 4.79 Å². The first-order valence-electron chi connectivity index (χ1n) is 9.27. The predicted octanol–water partition coefficient (Wildman–Crippen LogP) is 7.73. The summed E-state index contributed by atoms with van der Waals surface area (Å²) in [6.45, 7) is 4.08. The third-order valence-corrected chi connectivity index (χ3v) is 5.91. The highest BCUT2D eigenvalue weighted by molar-refractivity contribution is 6.44. The lowest BCUT2D eigenvalue weighted by molar-refractivity contribution is 0.102. The highest BCUT2D eigenvalue weighted by atomic mass is 35.5. The van der Waals surface area contributed by atoms with Gasteiger partial charge in [-0.05, 0) is 43.7 Å². The van der Waals surface area contributed by atoms with Crippen LogP contribution in [-0.2, 0) is 0 Å². The highest BCUT2D eigenvalue weighted by Gasteiger charge is 2.17. The molecule has 1 N–H and O–H groups in total. The number of fused-ring (bicyclic) bond motifs is 1. The van der Waals surface area contributed by atoms with Crippen molar-refractivity contribution in [1.29, 1.82) is 0 Å². The van der Waals surface area contributed by atoms with Crippen LogP contribution in [0.4, 0.5) is 5.69 Å². The van der Waals surface area contributed by atoms with Gasteiger partial charge in [0.25, 0.3) is 5.91 Å². The van der Waals surface area contributed by atoms with Gasteiger partial charge in [0.15, 0.2) is 0 Å². The standard InChI is InChI=1S/C24H17Cl3N2O/c1-13-7-8-15(14(2)9-13)22-10-17(16-5-3-4-6-21(16)28-22)24(30)29-23-12-19(26)18(25)11-20(23)27/h3-12H,1-2H3,(H,29,30). The fraction of sp³-hybridized carbons (Fsp3) is 0.0833. The highest BCUT2D eigenvalue weighted by Crippen LogP contribution is 2.33. The Balaban J connectivity index is 1.83. The molecule has 0 saturated heterocycles. The van der Waals surface area contributed by atoms with E-state index in [0.717, 1.165) is 27.7 Å². The van der Waals surface area contributed by atoms with Crippen LogP contribution in [0.25, 0.3) is 22.2 Å². The fourth-order valence-electron chi connectivity index (χ4n) is 3.41. The second-order valence-corrected chi connectivity index (χ2v) is 8.31. The zero-order valence-corrected chi connectivity index (χ0v) is 18.5. The number of halogens is 3. The first-order valence-corrected chi connectivity index (χ1v) is 10.4. The minimum atomic E-state index is -0.306. The SMILES string of the molecule is Cc1ccc(-c2cc(C(=O)Nc3cc(Cl)c(Cl)cc3Cl)c3ccccc3n2)c(C)c1. The molecule has 0 unspecified atom stereocenters. The summed E-state index contributed by atoms with van der Waals surface area (Å²) >= 11 is 18.3. The van der Waals surface area contributed by atoms with Gasteiger partial charge in [0.1, 0.15) is 0 Å². The van der Waals surface area contributed by atoms with E-state index in [1.165, 1.54) is 11.6 Å². The Bertz CT molecular complexity index is 1300. The smallest absolute Gasteiger partial charge is 0.256 e. The molecule has 3 aromatic carbocycles. The summed E-state index contributed by atoms with van der Waals surface area (Å²) in [5.74, 6) is -0.306. The molecule has 0 radical (unpaired) electrons. The quantitative estimate of drug-likeness (QED) is 0.321. The van der Waals surface area contributed by atoms with Crippen molar-refractivity contribution in [1.82, 2.24) is 4.98 Å². The van der Waals surface area contributed by atoms with Crippen molar-refractivity contribution in [3.05, 3.63) is 92.4 Å². The molecule has 1 heterocycles. The van der Waals surface area contributed by atoms with Crippen LogP contribution in [-0.4, -0.2) is 10.9 Å². The Morgan fingerprint density at radius 2 is 1.60 bits per heavy atom. The van der Waals surface area contributed by atoms with E-state index in [1.54, 1.807) is 12.1 Å². The van der Waals surface area contributed by atoms with Crippen LogP contribution in [0, 0.1) is 13.8 Å². The number of benzene rings is 3. The Labute approximate surface area is 189 Å². The molecule has 0 saturated carbocycles. The van der Waals surface area contributed by atoms with Crippen molar-refractivity contribution in [2.45, 2.75) is 13.8 Å². The topological polar surface area (TPSA) is 42.0 Å². The molecule has 0 fully saturated rings. The molecular formula is C24H17Cl3N2O. The monoisotopic (exact) mass is 454 g/mol. The predicted molar refractivity (Wildman–Crippen MR) is 126 cm³/mol. The molecule has 0 aliphatic heterocycles. The molecule has 0 aliphatic rings. The number of aryl methyl sites for hydroxylation is 2. The summed E-state index contributed by atoms with van der Waals surface area (Å²) in [6.07, 6.45) is 0. The van der Waals surface area contributed by atoms with Crippen molar-refractivity contribution >= 4 is 57.3 Å². The van der Waals surface area contributed by atoms with Gasteiger partial charge >= 0.3 is 0 Å². The van der Waals surface area contributed by atoms with Gasteiger partial charge in [-0.15, -0.1) is 0 Å². The lowest BCUT2D eigenvalue weighted by Crippen LogP contribution is -2.13. The average Bonchev–Trinajstić information content (AvgIpc) is 2.71. The second-order valence-electron chi connectivity index (χ2n) is 7.09. The van der Waals surface area contributed by atoms with Crippen LogP contribution in [0.5, 0.6) is 0 Å². The molecule has 0 aliphatic carbocycles. The number of para-hydroxylation sites is 1. The van der Waals surface area contributed by atoms with Crippen LogP contribution in [0.3, 0.4) is 0 Å². The number of hydrogen-bond acceptors (Lipinski definition) is 2. The van der Waals surface area contributed by atoms with Gasteiger partial charge in [-0.1, -0.05) is 76.8 Å². The maximum Gasteiger partial charge on any atom is 0.256 e. The van der Waals surface area contributed by atoms with Crippen molar-refractivity contribution in [3.63, 3.8) is 0 Å². The first kappa shape index (κ1) is 20.7. The first-order chi connectivity index (χ1) is 14.3. The molecule has 3 nitrogen and oxygen atoms in total. The third kappa shape index (κ3) is 4.01. The second kappa shape index (κ2) is 8.27. The van der Waals surface area contributed by atoms with Crippen molar-refractivity contribution in [2.24, 2.45) is 0 Å². The number of carbonyl (C=O) groups is 1. The number of hydrogen-bond donors (Lipinski definition) is 1. The van der Waals surface area contributed by atoms with E-state index < -0.39 is 0 Å². The minimum absolute atomic E-state index is 0.306. The van der Waals surface area contributed by atoms with Crippen LogP contribution in [0.2, 0.25) is 15.1 Å². The van der Waals surface area contributed by atoms with E-state index in [1.807, 2.05) is 50.2 Å². The van der Waals surface area contributed by atoms with E-state index in [0.29, 0.717) is 26.3 Å². The van der Waals surface area contributed by atoms with Crippen LogP contribution in [0.15, 0.2) is 60.7 Å². The number of pyridine rings is 1. The zero-order valence-electron chi connectivity index (χ0n) is 16.3. The molecule has 4 rings (SSSR count). The summed E-state index contributed by atoms with van der Waals surface area (Å²) < 4.78 is 0. The molecule has 6 heteroatoms. The summed E-state index contributed by atoms with van der Waals surface area (Å²) in [7, 11) is 0. The van der Waals surface area contributed by atoms with Gasteiger partial charge in [0.2, 0.25) is 0 Å². The van der Waals surface area contributed by atoms with E-state index in [2.05, 4.69) is 11.4 Å². The fourth-order valence-corrected chi connectivity index (χ4v) is 4.00. The van der Waals surface area contributed by atoms with E-state index in [9.17, 15) is 4.79 Å². The lowest BCUT2D eigenvalue weighted by Gasteiger charge is -2.13. The van der Waals surface area contributed by atoms with Gasteiger partial charge < -0.3 is 5.32 Å². The van der Waals surface area contributed by atoms with Crippen LogP contribution in [0.1, 0.15) is 21.5 Å². The maximum atomic E-state index is 13.2. The molecule has 0 atom stereocenters. The van der Waals surface area contributed by atoms with E-state index >= 15 is 0 Å². The van der Waals surface area contributed by atoms with Gasteiger partial charge in [0, 0.05) is 10.9 Å². The normalized spacial score (nSPS) is 11.0. The molecule has 4 aromatic rings. The molecule has 150 valence electrons. The molecule has 0 bridgehead atoms. The number of nitrogens with one attached hydrogen (secondary N) is 1. The number of anilines is 1. The number of amides is 1. The maximum absolute atomic E-state index is 13.2. The summed E-state index contributed by atoms with van der Waals surface area (Å²) in [5, 5.41) is 4.55. The Morgan fingerprint density at radius 1 is 0.867 bits per heavy atom. The summed E-state index contributed by atoms with van der Waals surface area (Å²) in [5.41, 5.74) is 5.61. The lowest BCUT2D eigenvalue weighted by atomic mass is 9.99. The summed E-state index contributed by atoms with van der Waals surface area (Å²) in [4.78, 5) is 18.0. The Morgan fingerprint density at radius 3 is 2.37 bits per heavy atom. The van der Waals surface area contributed by atoms with Crippen LogP contribution >= 0.6 is 34.8 Å². The molecule has 30 heavy (non-hydrogen) atoms. The largest absolute Gasteiger partial charge is 0.321 e. The zero-order chi connectivity index (χ0) is 21.4. The number of aromatic nitrogens is 1. The van der Waals surface area contributed by atoms with Crippen molar-refractivity contribution in [3.8, 4) is 11.3 Å². The summed E-state index contributed by atoms with van der Waals surface area (Å²) in [6, 6.07) is 18.6. The molecule has 1 aromatic heterocycles. The minimum Gasteiger partial charge on any atom is -0.321 e. The van der Waals surface area contributed by atoms with E-state index in [-0.39, 0.29) is 5.91 Å². The van der Waals surface area contributed by atoms with E-state index in [4.69, 9.17) is 39.8 Å². The van der Waals surface area contributed by atoms with Gasteiger partial charge in [0.05, 0.1) is 37.5 Å². The Kier molecular flexibility index (Phi) is 5.70. The van der Waals surface area contributed by atoms with Gasteiger partial charge in [-0.25, -0.2) is 4.98 Å². The molecule has 1 amide bonds. The third-order valence-electron chi connectivity index (χ3n) is 4.88. The Hall–Kier alpha value is -2.59.